The van der Waals surface area contributed by atoms with Crippen molar-refractivity contribution in [3.8, 4) is 11.1 Å². The van der Waals surface area contributed by atoms with Gasteiger partial charge in [0, 0.05) is 17.5 Å². The van der Waals surface area contributed by atoms with E-state index in [-0.39, 0.29) is 5.97 Å². The van der Waals surface area contributed by atoms with E-state index in [4.69, 9.17) is 4.74 Å². The zero-order chi connectivity index (χ0) is 16.8. The van der Waals surface area contributed by atoms with E-state index in [9.17, 15) is 4.79 Å². The maximum absolute atomic E-state index is 12.5. The molecule has 0 amide bonds. The minimum absolute atomic E-state index is 0.284. The zero-order valence-corrected chi connectivity index (χ0v) is 14.3. The fraction of sp³-hybridized carbons (Fsp3) is 0.150. The Morgan fingerprint density at radius 2 is 1.71 bits per heavy atom. The second-order valence-corrected chi connectivity index (χ2v) is 6.16. The van der Waals surface area contributed by atoms with E-state index in [1.165, 1.54) is 16.9 Å². The molecule has 2 aromatic carbocycles. The lowest BCUT2D eigenvalue weighted by Crippen LogP contribution is -2.09. The second kappa shape index (κ2) is 7.79. The topological polar surface area (TPSA) is 38.3 Å². The van der Waals surface area contributed by atoms with Crippen molar-refractivity contribution in [3.63, 3.8) is 0 Å². The van der Waals surface area contributed by atoms with Crippen LogP contribution in [0.5, 0.6) is 0 Å². The fourth-order valence-corrected chi connectivity index (χ4v) is 3.46. The Kier molecular flexibility index (Phi) is 5.29. The van der Waals surface area contributed by atoms with Gasteiger partial charge in [0.1, 0.15) is 10.6 Å². The van der Waals surface area contributed by atoms with Crippen LogP contribution in [0.2, 0.25) is 0 Å². The van der Waals surface area contributed by atoms with Crippen molar-refractivity contribution in [1.82, 2.24) is 0 Å². The van der Waals surface area contributed by atoms with Crippen molar-refractivity contribution in [2.75, 3.05) is 11.9 Å². The summed E-state index contributed by atoms with van der Waals surface area (Å²) in [5, 5.41) is 6.23. The van der Waals surface area contributed by atoms with Gasteiger partial charge in [0.2, 0.25) is 0 Å². The van der Waals surface area contributed by atoms with Crippen molar-refractivity contribution in [1.29, 1.82) is 0 Å². The molecule has 0 spiro atoms. The molecule has 4 heteroatoms. The molecule has 0 aliphatic carbocycles. The maximum atomic E-state index is 12.5. The van der Waals surface area contributed by atoms with E-state index in [2.05, 4.69) is 17.4 Å². The van der Waals surface area contributed by atoms with Crippen molar-refractivity contribution in [2.45, 2.75) is 13.5 Å². The normalized spacial score (nSPS) is 10.4. The first-order valence-corrected chi connectivity index (χ1v) is 8.79. The minimum atomic E-state index is -0.284. The predicted octanol–water partition coefficient (Wildman–Crippen LogP) is 5.20. The molecule has 0 unspecified atom stereocenters. The van der Waals surface area contributed by atoms with E-state index >= 15 is 0 Å². The first-order chi connectivity index (χ1) is 11.8. The monoisotopic (exact) mass is 337 g/mol. The van der Waals surface area contributed by atoms with Gasteiger partial charge in [0.25, 0.3) is 0 Å². The van der Waals surface area contributed by atoms with Gasteiger partial charge in [0.05, 0.1) is 6.61 Å². The summed E-state index contributed by atoms with van der Waals surface area (Å²) >= 11 is 1.53. The molecule has 3 nitrogen and oxygen atoms in total. The van der Waals surface area contributed by atoms with E-state index < -0.39 is 0 Å². The Morgan fingerprint density at radius 1 is 1.04 bits per heavy atom. The summed E-state index contributed by atoms with van der Waals surface area (Å²) in [6.45, 7) is 2.85. The Labute approximate surface area is 145 Å². The molecule has 3 aromatic rings. The van der Waals surface area contributed by atoms with Crippen LogP contribution >= 0.6 is 11.3 Å². The SMILES string of the molecule is CCOC(=O)c1c(-c2ccccc2)csc1NCc1ccccc1. The van der Waals surface area contributed by atoms with Crippen molar-refractivity contribution < 1.29 is 9.53 Å². The molecule has 0 saturated heterocycles. The fourth-order valence-electron chi connectivity index (χ4n) is 2.50. The quantitative estimate of drug-likeness (QED) is 0.628. The molecule has 0 radical (unpaired) electrons. The number of anilines is 1. The van der Waals surface area contributed by atoms with Gasteiger partial charge in [-0.15, -0.1) is 11.3 Å². The molecule has 0 fully saturated rings. The highest BCUT2D eigenvalue weighted by atomic mass is 32.1. The van der Waals surface area contributed by atoms with Crippen molar-refractivity contribution in [3.05, 3.63) is 77.2 Å². The predicted molar refractivity (Wildman–Crippen MR) is 99.5 cm³/mol. The summed E-state index contributed by atoms with van der Waals surface area (Å²) in [7, 11) is 0. The molecule has 1 heterocycles. The van der Waals surface area contributed by atoms with Gasteiger partial charge in [-0.2, -0.15) is 0 Å². The number of rotatable bonds is 6. The van der Waals surface area contributed by atoms with Crippen LogP contribution in [0, 0.1) is 0 Å². The summed E-state index contributed by atoms with van der Waals surface area (Å²) in [6.07, 6.45) is 0. The van der Waals surface area contributed by atoms with Crippen molar-refractivity contribution in [2.24, 2.45) is 0 Å². The smallest absolute Gasteiger partial charge is 0.341 e. The van der Waals surface area contributed by atoms with Crippen LogP contribution in [0.1, 0.15) is 22.8 Å². The Morgan fingerprint density at radius 3 is 2.38 bits per heavy atom. The number of carbonyl (C=O) groups excluding carboxylic acids is 1. The van der Waals surface area contributed by atoms with Crippen LogP contribution < -0.4 is 5.32 Å². The third-order valence-corrected chi connectivity index (χ3v) is 4.59. The number of hydrogen-bond donors (Lipinski definition) is 1. The second-order valence-electron chi connectivity index (χ2n) is 5.28. The van der Waals surface area contributed by atoms with Crippen LogP contribution in [0.3, 0.4) is 0 Å². The van der Waals surface area contributed by atoms with Crippen LogP contribution in [0.4, 0.5) is 5.00 Å². The Bertz CT molecular complexity index is 797. The highest BCUT2D eigenvalue weighted by Crippen LogP contribution is 2.36. The molecular weight excluding hydrogens is 318 g/mol. The van der Waals surface area contributed by atoms with E-state index in [0.29, 0.717) is 18.7 Å². The number of nitrogens with one attached hydrogen (secondary N) is 1. The average Bonchev–Trinajstić information content (AvgIpc) is 3.06. The lowest BCUT2D eigenvalue weighted by Gasteiger charge is -2.09. The third-order valence-electron chi connectivity index (χ3n) is 3.65. The molecular formula is C20H19NO2S. The standard InChI is InChI=1S/C20H19NO2S/c1-2-23-20(22)18-17(16-11-7-4-8-12-16)14-24-19(18)21-13-15-9-5-3-6-10-15/h3-12,14,21H,2,13H2,1H3. The lowest BCUT2D eigenvalue weighted by molar-refractivity contribution is 0.0529. The van der Waals surface area contributed by atoms with Gasteiger partial charge in [-0.1, -0.05) is 60.7 Å². The highest BCUT2D eigenvalue weighted by molar-refractivity contribution is 7.15. The van der Waals surface area contributed by atoms with E-state index in [0.717, 1.165) is 16.1 Å². The summed E-state index contributed by atoms with van der Waals surface area (Å²) in [4.78, 5) is 12.5. The van der Waals surface area contributed by atoms with E-state index in [1.807, 2.05) is 60.8 Å². The lowest BCUT2D eigenvalue weighted by atomic mass is 10.0. The summed E-state index contributed by atoms with van der Waals surface area (Å²) in [5.41, 5.74) is 3.71. The van der Waals surface area contributed by atoms with Gasteiger partial charge in [0.15, 0.2) is 0 Å². The number of benzene rings is 2. The van der Waals surface area contributed by atoms with E-state index in [1.54, 1.807) is 0 Å². The number of esters is 1. The zero-order valence-electron chi connectivity index (χ0n) is 13.5. The molecule has 0 aliphatic rings. The highest BCUT2D eigenvalue weighted by Gasteiger charge is 2.21. The molecule has 0 saturated carbocycles. The third kappa shape index (κ3) is 3.66. The molecule has 3 rings (SSSR count). The van der Waals surface area contributed by atoms with Crippen molar-refractivity contribution >= 4 is 22.3 Å². The first kappa shape index (κ1) is 16.3. The van der Waals surface area contributed by atoms with Gasteiger partial charge < -0.3 is 10.1 Å². The molecule has 0 aliphatic heterocycles. The number of ether oxygens (including phenoxy) is 1. The molecule has 0 atom stereocenters. The average molecular weight is 337 g/mol. The first-order valence-electron chi connectivity index (χ1n) is 7.91. The largest absolute Gasteiger partial charge is 0.462 e. The van der Waals surface area contributed by atoms with Crippen LogP contribution in [-0.4, -0.2) is 12.6 Å². The summed E-state index contributed by atoms with van der Waals surface area (Å²) in [5.74, 6) is -0.284. The van der Waals surface area contributed by atoms with Crippen LogP contribution in [-0.2, 0) is 11.3 Å². The number of thiophene rings is 1. The molecule has 1 N–H and O–H groups in total. The summed E-state index contributed by atoms with van der Waals surface area (Å²) in [6, 6.07) is 20.0. The van der Waals surface area contributed by atoms with Gasteiger partial charge >= 0.3 is 5.97 Å². The Balaban J connectivity index is 1.91. The molecule has 24 heavy (non-hydrogen) atoms. The Hall–Kier alpha value is -2.59. The maximum Gasteiger partial charge on any atom is 0.341 e. The number of carbonyl (C=O) groups is 1. The minimum Gasteiger partial charge on any atom is -0.462 e. The molecule has 1 aromatic heterocycles. The van der Waals surface area contributed by atoms with Crippen LogP contribution in [0.25, 0.3) is 11.1 Å². The van der Waals surface area contributed by atoms with Gasteiger partial charge in [-0.25, -0.2) is 4.79 Å². The molecule has 122 valence electrons. The molecule has 0 bridgehead atoms. The van der Waals surface area contributed by atoms with Crippen LogP contribution in [0.15, 0.2) is 66.0 Å². The number of hydrogen-bond acceptors (Lipinski definition) is 4. The van der Waals surface area contributed by atoms with Gasteiger partial charge in [-0.3, -0.25) is 0 Å². The van der Waals surface area contributed by atoms with Gasteiger partial charge in [-0.05, 0) is 18.1 Å². The summed E-state index contributed by atoms with van der Waals surface area (Å²) < 4.78 is 5.27.